The molecule has 278 valence electrons. The number of nitrogens with zero attached hydrogens (tertiary/aromatic N) is 4. The second kappa shape index (κ2) is 12.7. The second-order valence-corrected chi connectivity index (χ2v) is 16.3. The fourth-order valence-corrected chi connectivity index (χ4v) is 9.70. The lowest BCUT2D eigenvalue weighted by molar-refractivity contribution is 0.660. The van der Waals surface area contributed by atoms with Crippen molar-refractivity contribution in [3.8, 4) is 56.1 Å². The average Bonchev–Trinajstić information content (AvgIpc) is 3.89. The Morgan fingerprint density at radius 1 is 0.356 bits per heavy atom. The summed E-state index contributed by atoms with van der Waals surface area (Å²) in [6.45, 7) is 4.66. The number of para-hydroxylation sites is 3. The molecule has 0 fully saturated rings. The minimum absolute atomic E-state index is 0.0272. The maximum absolute atomic E-state index is 4.98. The number of hydrogen-bond acceptors (Lipinski definition) is 2. The molecule has 0 spiro atoms. The molecular formula is C55H38N4. The molecule has 8 aromatic carbocycles. The van der Waals surface area contributed by atoms with Crippen molar-refractivity contribution in [1.82, 2.24) is 19.1 Å². The lowest BCUT2D eigenvalue weighted by atomic mass is 9.81. The van der Waals surface area contributed by atoms with Crippen molar-refractivity contribution >= 4 is 43.6 Å². The molecule has 4 nitrogen and oxygen atoms in total. The molecule has 0 radical (unpaired) electrons. The molecule has 11 aromatic rings. The van der Waals surface area contributed by atoms with Gasteiger partial charge in [-0.3, -0.25) is 4.57 Å². The second-order valence-electron chi connectivity index (χ2n) is 16.3. The highest BCUT2D eigenvalue weighted by molar-refractivity contribution is 6.12. The van der Waals surface area contributed by atoms with Crippen LogP contribution in [0.2, 0.25) is 0 Å². The van der Waals surface area contributed by atoms with Crippen molar-refractivity contribution in [2.75, 3.05) is 0 Å². The van der Waals surface area contributed by atoms with E-state index in [0.29, 0.717) is 5.95 Å². The molecule has 0 saturated heterocycles. The monoisotopic (exact) mass is 754 g/mol. The molecule has 0 N–H and O–H groups in total. The molecular weight excluding hydrogens is 717 g/mol. The maximum Gasteiger partial charge on any atom is 0.234 e. The van der Waals surface area contributed by atoms with E-state index >= 15 is 0 Å². The molecule has 0 amide bonds. The van der Waals surface area contributed by atoms with Crippen molar-refractivity contribution in [2.45, 2.75) is 19.3 Å². The molecule has 0 saturated carbocycles. The molecule has 4 heteroatoms. The van der Waals surface area contributed by atoms with E-state index in [0.717, 1.165) is 27.8 Å². The summed E-state index contributed by atoms with van der Waals surface area (Å²) < 4.78 is 4.56. The highest BCUT2D eigenvalue weighted by Crippen LogP contribution is 2.49. The van der Waals surface area contributed by atoms with Crippen LogP contribution in [0.1, 0.15) is 25.0 Å². The summed E-state index contributed by atoms with van der Waals surface area (Å²) in [7, 11) is 0. The van der Waals surface area contributed by atoms with Crippen LogP contribution in [0.4, 0.5) is 0 Å². The highest BCUT2D eigenvalue weighted by atomic mass is 15.1. The summed E-state index contributed by atoms with van der Waals surface area (Å²) in [5, 5.41) is 4.84. The third-order valence-corrected chi connectivity index (χ3v) is 12.7. The Kier molecular flexibility index (Phi) is 7.24. The zero-order valence-electron chi connectivity index (χ0n) is 32.8. The topological polar surface area (TPSA) is 35.6 Å². The van der Waals surface area contributed by atoms with E-state index < -0.39 is 0 Å². The van der Waals surface area contributed by atoms with Gasteiger partial charge >= 0.3 is 0 Å². The van der Waals surface area contributed by atoms with Gasteiger partial charge in [0.05, 0.1) is 22.1 Å². The van der Waals surface area contributed by atoms with Gasteiger partial charge in [0.15, 0.2) is 0 Å². The van der Waals surface area contributed by atoms with Crippen LogP contribution in [0.15, 0.2) is 194 Å². The molecule has 0 bridgehead atoms. The predicted molar refractivity (Wildman–Crippen MR) is 245 cm³/mol. The predicted octanol–water partition coefficient (Wildman–Crippen LogP) is 14.0. The summed E-state index contributed by atoms with van der Waals surface area (Å²) >= 11 is 0. The van der Waals surface area contributed by atoms with Gasteiger partial charge in [-0.1, -0.05) is 147 Å². The van der Waals surface area contributed by atoms with Gasteiger partial charge in [-0.05, 0) is 98.6 Å². The fraction of sp³-hybridized carbons (Fsp3) is 0.0545. The molecule has 0 unspecified atom stereocenters. The Morgan fingerprint density at radius 2 is 0.881 bits per heavy atom. The smallest absolute Gasteiger partial charge is 0.234 e. The highest BCUT2D eigenvalue weighted by Gasteiger charge is 2.35. The van der Waals surface area contributed by atoms with E-state index in [-0.39, 0.29) is 5.41 Å². The van der Waals surface area contributed by atoms with E-state index in [4.69, 9.17) is 9.97 Å². The van der Waals surface area contributed by atoms with Crippen LogP contribution < -0.4 is 0 Å². The van der Waals surface area contributed by atoms with Crippen LogP contribution >= 0.6 is 0 Å². The zero-order valence-corrected chi connectivity index (χ0v) is 32.8. The Labute approximate surface area is 342 Å². The summed E-state index contributed by atoms with van der Waals surface area (Å²) in [5.74, 6) is 0.653. The van der Waals surface area contributed by atoms with Gasteiger partial charge in [0.25, 0.3) is 0 Å². The molecule has 0 atom stereocenters. The van der Waals surface area contributed by atoms with Crippen LogP contribution in [0, 0.1) is 0 Å². The van der Waals surface area contributed by atoms with E-state index in [9.17, 15) is 0 Å². The van der Waals surface area contributed by atoms with E-state index in [1.165, 1.54) is 77.1 Å². The summed E-state index contributed by atoms with van der Waals surface area (Å²) in [5.41, 5.74) is 18.0. The summed E-state index contributed by atoms with van der Waals surface area (Å²) in [6.07, 6.45) is 3.89. The first-order valence-corrected chi connectivity index (χ1v) is 20.3. The molecule has 3 heterocycles. The van der Waals surface area contributed by atoms with Gasteiger partial charge in [-0.25, -0.2) is 9.97 Å². The largest absolute Gasteiger partial charge is 0.309 e. The van der Waals surface area contributed by atoms with Crippen LogP contribution in [-0.4, -0.2) is 19.1 Å². The third-order valence-electron chi connectivity index (χ3n) is 12.7. The Hall–Kier alpha value is -7.56. The minimum Gasteiger partial charge on any atom is -0.309 e. The standard InChI is InChI=1S/C55H38N4/c1-55(2)48-17-9-6-14-42(48)43-27-24-38(31-49(43)55)35-20-22-36(23-21-35)40-33-56-54(57-34-40)59-51-19-11-8-16-45(51)47-30-37(26-29-52(47)59)39-25-28-46-44-15-7-10-18-50(44)58(53(46)32-39)41-12-4-3-5-13-41/h3-34H,1-2H3. The van der Waals surface area contributed by atoms with Gasteiger partial charge in [-0.2, -0.15) is 0 Å². The number of hydrogen-bond donors (Lipinski definition) is 0. The Balaban J connectivity index is 0.885. The Bertz CT molecular complexity index is 3440. The van der Waals surface area contributed by atoms with Crippen molar-refractivity contribution in [2.24, 2.45) is 0 Å². The first-order valence-electron chi connectivity index (χ1n) is 20.3. The van der Waals surface area contributed by atoms with Crippen molar-refractivity contribution < 1.29 is 0 Å². The van der Waals surface area contributed by atoms with Crippen molar-refractivity contribution in [1.29, 1.82) is 0 Å². The number of fused-ring (bicyclic) bond motifs is 9. The van der Waals surface area contributed by atoms with Gasteiger partial charge in [0.2, 0.25) is 5.95 Å². The van der Waals surface area contributed by atoms with Gasteiger partial charge in [0, 0.05) is 50.6 Å². The average molecular weight is 755 g/mol. The fourth-order valence-electron chi connectivity index (χ4n) is 9.70. The van der Waals surface area contributed by atoms with Crippen LogP contribution in [-0.2, 0) is 5.41 Å². The maximum atomic E-state index is 4.98. The lowest BCUT2D eigenvalue weighted by Gasteiger charge is -2.22. The number of rotatable bonds is 5. The number of benzene rings is 8. The van der Waals surface area contributed by atoms with Crippen LogP contribution in [0.25, 0.3) is 99.8 Å². The van der Waals surface area contributed by atoms with Gasteiger partial charge in [0.1, 0.15) is 0 Å². The zero-order chi connectivity index (χ0) is 39.2. The lowest BCUT2D eigenvalue weighted by Crippen LogP contribution is -2.14. The molecule has 3 aromatic heterocycles. The first-order chi connectivity index (χ1) is 29.0. The molecule has 1 aliphatic carbocycles. The Morgan fingerprint density at radius 3 is 1.66 bits per heavy atom. The quantitative estimate of drug-likeness (QED) is 0.175. The van der Waals surface area contributed by atoms with E-state index in [2.05, 4.69) is 205 Å². The van der Waals surface area contributed by atoms with E-state index in [1.807, 2.05) is 12.4 Å². The van der Waals surface area contributed by atoms with Crippen molar-refractivity contribution in [3.05, 3.63) is 206 Å². The normalized spacial score (nSPS) is 13.1. The van der Waals surface area contributed by atoms with Crippen LogP contribution in [0.5, 0.6) is 0 Å². The van der Waals surface area contributed by atoms with Gasteiger partial charge < -0.3 is 4.57 Å². The molecule has 0 aliphatic heterocycles. The summed E-state index contributed by atoms with van der Waals surface area (Å²) in [6, 6.07) is 66.0. The summed E-state index contributed by atoms with van der Waals surface area (Å²) in [4.78, 5) is 9.95. The molecule has 1 aliphatic rings. The minimum atomic E-state index is -0.0272. The van der Waals surface area contributed by atoms with E-state index in [1.54, 1.807) is 0 Å². The van der Waals surface area contributed by atoms with Gasteiger partial charge in [-0.15, -0.1) is 0 Å². The first kappa shape index (κ1) is 33.6. The van der Waals surface area contributed by atoms with Crippen molar-refractivity contribution in [3.63, 3.8) is 0 Å². The number of aromatic nitrogens is 4. The molecule has 12 rings (SSSR count). The van der Waals surface area contributed by atoms with Crippen LogP contribution in [0.3, 0.4) is 0 Å². The SMILES string of the molecule is CC1(C)c2ccccc2-c2ccc(-c3ccc(-c4cnc(-n5c6ccccc6c6cc(-c7ccc8c9ccccc9n(-c9ccccc9)c8c7)ccc65)nc4)cc3)cc21. The molecule has 59 heavy (non-hydrogen) atoms. The third kappa shape index (κ3) is 5.09.